The summed E-state index contributed by atoms with van der Waals surface area (Å²) >= 11 is 0. The van der Waals surface area contributed by atoms with E-state index in [-0.39, 0.29) is 11.9 Å². The number of para-hydroxylation sites is 1. The van der Waals surface area contributed by atoms with Crippen LogP contribution in [0.15, 0.2) is 24.3 Å². The lowest BCUT2D eigenvalue weighted by atomic mass is 10.1. The van der Waals surface area contributed by atoms with E-state index in [0.29, 0.717) is 17.5 Å². The van der Waals surface area contributed by atoms with Crippen LogP contribution in [0, 0.1) is 5.92 Å². The average molecular weight is 248 g/mol. The Morgan fingerprint density at radius 1 is 1.06 bits per heavy atom. The van der Waals surface area contributed by atoms with Crippen molar-refractivity contribution < 1.29 is 4.79 Å². The average Bonchev–Trinajstić information content (AvgIpc) is 2.28. The Morgan fingerprint density at radius 2 is 1.67 bits per heavy atom. The van der Waals surface area contributed by atoms with Gasteiger partial charge in [-0.1, -0.05) is 26.0 Å². The van der Waals surface area contributed by atoms with Crippen LogP contribution in [-0.2, 0) is 0 Å². The van der Waals surface area contributed by atoms with Crippen molar-refractivity contribution in [3.63, 3.8) is 0 Å². The molecule has 0 bridgehead atoms. The molecule has 0 heterocycles. The van der Waals surface area contributed by atoms with Crippen molar-refractivity contribution in [2.24, 2.45) is 5.92 Å². The van der Waals surface area contributed by atoms with Gasteiger partial charge in [0.2, 0.25) is 0 Å². The van der Waals surface area contributed by atoms with Gasteiger partial charge in [0.15, 0.2) is 0 Å². The molecule has 2 N–H and O–H groups in total. The number of amides is 1. The maximum atomic E-state index is 12.2. The first-order chi connectivity index (χ1) is 8.41. The summed E-state index contributed by atoms with van der Waals surface area (Å²) in [5.74, 6) is 0.416. The summed E-state index contributed by atoms with van der Waals surface area (Å²) in [4.78, 5) is 12.2. The van der Waals surface area contributed by atoms with Crippen molar-refractivity contribution in [1.29, 1.82) is 0 Å². The zero-order valence-electron chi connectivity index (χ0n) is 11.9. The molecule has 18 heavy (non-hydrogen) atoms. The number of hydrogen-bond donors (Lipinski definition) is 2. The number of rotatable bonds is 5. The highest BCUT2D eigenvalue weighted by Gasteiger charge is 2.15. The summed E-state index contributed by atoms with van der Waals surface area (Å²) in [5, 5.41) is 6.33. The van der Waals surface area contributed by atoms with Crippen LogP contribution in [0.1, 0.15) is 45.0 Å². The Kier molecular flexibility index (Phi) is 5.20. The molecule has 1 aromatic rings. The predicted octanol–water partition coefficient (Wildman–Crippen LogP) is 3.28. The summed E-state index contributed by atoms with van der Waals surface area (Å²) in [7, 11) is 0. The number of carbonyl (C=O) groups is 1. The van der Waals surface area contributed by atoms with E-state index < -0.39 is 0 Å². The second-order valence-electron chi connectivity index (χ2n) is 5.35. The van der Waals surface area contributed by atoms with Gasteiger partial charge in [0.05, 0.1) is 5.56 Å². The minimum Gasteiger partial charge on any atom is -0.382 e. The van der Waals surface area contributed by atoms with Crippen molar-refractivity contribution in [2.75, 3.05) is 5.32 Å². The van der Waals surface area contributed by atoms with Gasteiger partial charge in [0, 0.05) is 17.8 Å². The number of benzene rings is 1. The molecule has 1 aromatic carbocycles. The number of anilines is 1. The van der Waals surface area contributed by atoms with Crippen LogP contribution in [0.3, 0.4) is 0 Å². The third kappa shape index (κ3) is 4.06. The molecule has 1 unspecified atom stereocenters. The van der Waals surface area contributed by atoms with Gasteiger partial charge >= 0.3 is 0 Å². The second-order valence-corrected chi connectivity index (χ2v) is 5.35. The van der Waals surface area contributed by atoms with Crippen LogP contribution >= 0.6 is 0 Å². The Hall–Kier alpha value is -1.51. The Balaban J connectivity index is 2.85. The van der Waals surface area contributed by atoms with Gasteiger partial charge < -0.3 is 10.6 Å². The molecule has 0 radical (unpaired) electrons. The number of carbonyl (C=O) groups excluding carboxylic acids is 1. The normalized spacial score (nSPS) is 12.6. The molecule has 0 aromatic heterocycles. The lowest BCUT2D eigenvalue weighted by Crippen LogP contribution is -2.36. The van der Waals surface area contributed by atoms with Crippen molar-refractivity contribution in [2.45, 2.75) is 46.7 Å². The minimum atomic E-state index is -0.0139. The molecular weight excluding hydrogens is 224 g/mol. The largest absolute Gasteiger partial charge is 0.382 e. The SMILES string of the molecule is CC(C)Nc1ccccc1C(=O)NC(C)C(C)C. The van der Waals surface area contributed by atoms with Gasteiger partial charge in [-0.3, -0.25) is 4.79 Å². The van der Waals surface area contributed by atoms with E-state index in [0.717, 1.165) is 5.69 Å². The van der Waals surface area contributed by atoms with E-state index >= 15 is 0 Å². The van der Waals surface area contributed by atoms with E-state index in [1.807, 2.05) is 31.2 Å². The number of nitrogens with one attached hydrogen (secondary N) is 2. The highest BCUT2D eigenvalue weighted by Crippen LogP contribution is 2.16. The summed E-state index contributed by atoms with van der Waals surface area (Å²) in [6, 6.07) is 8.10. The van der Waals surface area contributed by atoms with Crippen LogP contribution in [0.4, 0.5) is 5.69 Å². The lowest BCUT2D eigenvalue weighted by molar-refractivity contribution is 0.0931. The van der Waals surface area contributed by atoms with Crippen molar-refractivity contribution >= 4 is 11.6 Å². The molecule has 3 nitrogen and oxygen atoms in total. The Bertz CT molecular complexity index is 399. The van der Waals surface area contributed by atoms with Gasteiger partial charge in [-0.15, -0.1) is 0 Å². The molecule has 1 atom stereocenters. The van der Waals surface area contributed by atoms with E-state index in [1.165, 1.54) is 0 Å². The molecule has 1 rings (SSSR count). The first kappa shape index (κ1) is 14.6. The number of hydrogen-bond acceptors (Lipinski definition) is 2. The smallest absolute Gasteiger partial charge is 0.253 e. The molecule has 0 aliphatic heterocycles. The van der Waals surface area contributed by atoms with Crippen LogP contribution in [0.5, 0.6) is 0 Å². The van der Waals surface area contributed by atoms with Gasteiger partial charge in [-0.2, -0.15) is 0 Å². The minimum absolute atomic E-state index is 0.0139. The van der Waals surface area contributed by atoms with Crippen LogP contribution < -0.4 is 10.6 Å². The molecule has 100 valence electrons. The molecule has 0 aliphatic rings. The maximum Gasteiger partial charge on any atom is 0.253 e. The van der Waals surface area contributed by atoms with Gasteiger partial charge in [-0.25, -0.2) is 0 Å². The fourth-order valence-electron chi connectivity index (χ4n) is 1.57. The van der Waals surface area contributed by atoms with Crippen molar-refractivity contribution in [3.05, 3.63) is 29.8 Å². The Labute approximate surface area is 110 Å². The second kappa shape index (κ2) is 6.43. The van der Waals surface area contributed by atoms with E-state index in [2.05, 4.69) is 38.3 Å². The Morgan fingerprint density at radius 3 is 2.22 bits per heavy atom. The first-order valence-electron chi connectivity index (χ1n) is 6.58. The third-order valence-electron chi connectivity index (χ3n) is 2.97. The molecule has 0 aliphatic carbocycles. The topological polar surface area (TPSA) is 41.1 Å². The van der Waals surface area contributed by atoms with Gasteiger partial charge in [0.25, 0.3) is 5.91 Å². The van der Waals surface area contributed by atoms with E-state index in [9.17, 15) is 4.79 Å². The summed E-state index contributed by atoms with van der Waals surface area (Å²) in [6.07, 6.45) is 0. The van der Waals surface area contributed by atoms with Crippen molar-refractivity contribution in [3.8, 4) is 0 Å². The molecule has 3 heteroatoms. The van der Waals surface area contributed by atoms with Crippen LogP contribution in [-0.4, -0.2) is 18.0 Å². The van der Waals surface area contributed by atoms with Crippen LogP contribution in [0.25, 0.3) is 0 Å². The fourth-order valence-corrected chi connectivity index (χ4v) is 1.57. The maximum absolute atomic E-state index is 12.2. The van der Waals surface area contributed by atoms with Crippen LogP contribution in [0.2, 0.25) is 0 Å². The molecule has 0 fully saturated rings. The predicted molar refractivity (Wildman–Crippen MR) is 77.0 cm³/mol. The zero-order chi connectivity index (χ0) is 13.7. The van der Waals surface area contributed by atoms with Crippen molar-refractivity contribution in [1.82, 2.24) is 5.32 Å². The monoisotopic (exact) mass is 248 g/mol. The zero-order valence-corrected chi connectivity index (χ0v) is 11.9. The summed E-state index contributed by atoms with van der Waals surface area (Å²) < 4.78 is 0. The molecule has 0 saturated carbocycles. The first-order valence-corrected chi connectivity index (χ1v) is 6.58. The van der Waals surface area contributed by atoms with Gasteiger partial charge in [-0.05, 0) is 38.8 Å². The van der Waals surface area contributed by atoms with E-state index in [4.69, 9.17) is 0 Å². The summed E-state index contributed by atoms with van der Waals surface area (Å²) in [5.41, 5.74) is 1.60. The van der Waals surface area contributed by atoms with Gasteiger partial charge in [0.1, 0.15) is 0 Å². The quantitative estimate of drug-likeness (QED) is 0.839. The molecule has 0 saturated heterocycles. The summed E-state index contributed by atoms with van der Waals surface area (Å²) in [6.45, 7) is 10.4. The lowest BCUT2D eigenvalue weighted by Gasteiger charge is -2.19. The fraction of sp³-hybridized carbons (Fsp3) is 0.533. The molecule has 1 amide bonds. The molecular formula is C15H24N2O. The third-order valence-corrected chi connectivity index (χ3v) is 2.97. The highest BCUT2D eigenvalue weighted by molar-refractivity contribution is 5.99. The van der Waals surface area contributed by atoms with E-state index in [1.54, 1.807) is 0 Å². The highest BCUT2D eigenvalue weighted by atomic mass is 16.1. The standard InChI is InChI=1S/C15H24N2O/c1-10(2)12(5)17-15(18)13-8-6-7-9-14(13)16-11(3)4/h6-12,16H,1-5H3,(H,17,18). The molecule has 0 spiro atoms.